The van der Waals surface area contributed by atoms with Crippen LogP contribution < -0.4 is 10.6 Å². The molecule has 2 N–H and O–H groups in total. The Labute approximate surface area is 158 Å². The summed E-state index contributed by atoms with van der Waals surface area (Å²) in [6, 6.07) is 9.44. The number of esters is 1. The highest BCUT2D eigenvalue weighted by molar-refractivity contribution is 6.31. The van der Waals surface area contributed by atoms with E-state index in [9.17, 15) is 4.79 Å². The fraction of sp³-hybridized carbons (Fsp3) is 0.368. The van der Waals surface area contributed by atoms with E-state index >= 15 is 0 Å². The Bertz CT molecular complexity index is 771. The average Bonchev–Trinajstić information content (AvgIpc) is 3.01. The maximum atomic E-state index is 11.6. The average molecular weight is 378 g/mol. The molecule has 0 amide bonds. The zero-order valence-corrected chi connectivity index (χ0v) is 16.0. The molecule has 26 heavy (non-hydrogen) atoms. The van der Waals surface area contributed by atoms with E-state index in [0.29, 0.717) is 36.1 Å². The van der Waals surface area contributed by atoms with Gasteiger partial charge in [0.25, 0.3) is 0 Å². The summed E-state index contributed by atoms with van der Waals surface area (Å²) in [5.74, 6) is 1.39. The minimum absolute atomic E-state index is 0.319. The molecule has 2 aromatic rings. The van der Waals surface area contributed by atoms with Crippen molar-refractivity contribution < 1.29 is 13.9 Å². The molecule has 140 valence electrons. The zero-order valence-electron chi connectivity index (χ0n) is 15.3. The molecule has 0 aliphatic heterocycles. The summed E-state index contributed by atoms with van der Waals surface area (Å²) in [5, 5.41) is 7.21. The Kier molecular flexibility index (Phi) is 7.53. The van der Waals surface area contributed by atoms with Crippen molar-refractivity contribution in [2.45, 2.75) is 26.8 Å². The van der Waals surface area contributed by atoms with Crippen molar-refractivity contribution in [2.24, 2.45) is 4.99 Å². The molecule has 0 aliphatic rings. The topological polar surface area (TPSA) is 75.9 Å². The number of halogens is 1. The zero-order chi connectivity index (χ0) is 18.9. The first-order chi connectivity index (χ1) is 12.5. The van der Waals surface area contributed by atoms with Gasteiger partial charge in [-0.25, -0.2) is 9.79 Å². The number of furan rings is 1. The number of hydrogen-bond acceptors (Lipinski definition) is 4. The smallest absolute Gasteiger partial charge is 0.341 e. The largest absolute Gasteiger partial charge is 0.465 e. The highest BCUT2D eigenvalue weighted by atomic mass is 35.5. The summed E-state index contributed by atoms with van der Waals surface area (Å²) < 4.78 is 10.3. The van der Waals surface area contributed by atoms with Gasteiger partial charge >= 0.3 is 5.97 Å². The summed E-state index contributed by atoms with van der Waals surface area (Å²) in [7, 11) is 1.35. The van der Waals surface area contributed by atoms with E-state index in [2.05, 4.69) is 15.6 Å². The lowest BCUT2D eigenvalue weighted by atomic mass is 10.1. The number of ether oxygens (including phenoxy) is 1. The van der Waals surface area contributed by atoms with E-state index < -0.39 is 5.97 Å². The molecular weight excluding hydrogens is 354 g/mol. The molecule has 0 fully saturated rings. The molecule has 0 saturated carbocycles. The number of aliphatic imine (C=N–C) groups is 1. The van der Waals surface area contributed by atoms with Crippen LogP contribution in [0.3, 0.4) is 0 Å². The van der Waals surface area contributed by atoms with Gasteiger partial charge in [0.1, 0.15) is 23.6 Å². The van der Waals surface area contributed by atoms with Gasteiger partial charge in [-0.15, -0.1) is 0 Å². The Morgan fingerprint density at radius 1 is 1.31 bits per heavy atom. The summed E-state index contributed by atoms with van der Waals surface area (Å²) in [6.45, 7) is 5.48. The van der Waals surface area contributed by atoms with Crippen molar-refractivity contribution in [3.8, 4) is 0 Å². The molecule has 0 aliphatic carbocycles. The molecule has 0 atom stereocenters. The second-order valence-corrected chi connectivity index (χ2v) is 6.04. The van der Waals surface area contributed by atoms with Crippen molar-refractivity contribution in [1.29, 1.82) is 0 Å². The first-order valence-corrected chi connectivity index (χ1v) is 8.86. The lowest BCUT2D eigenvalue weighted by Crippen LogP contribution is -2.38. The van der Waals surface area contributed by atoms with E-state index in [-0.39, 0.29) is 0 Å². The van der Waals surface area contributed by atoms with Crippen LogP contribution in [0.2, 0.25) is 5.02 Å². The molecule has 0 spiro atoms. The molecule has 0 unspecified atom stereocenters. The van der Waals surface area contributed by atoms with E-state index in [0.717, 1.165) is 23.6 Å². The van der Waals surface area contributed by atoms with Crippen molar-refractivity contribution in [1.82, 2.24) is 10.6 Å². The van der Waals surface area contributed by atoms with E-state index in [1.807, 2.05) is 31.2 Å². The third kappa shape index (κ3) is 5.52. The van der Waals surface area contributed by atoms with Gasteiger partial charge in [-0.05, 0) is 38.0 Å². The van der Waals surface area contributed by atoms with Gasteiger partial charge in [0.15, 0.2) is 5.96 Å². The molecule has 2 rings (SSSR count). The van der Waals surface area contributed by atoms with Gasteiger partial charge in [0.2, 0.25) is 0 Å². The molecular formula is C19H24ClN3O3. The predicted molar refractivity (Wildman–Crippen MR) is 103 cm³/mol. The third-order valence-corrected chi connectivity index (χ3v) is 4.12. The van der Waals surface area contributed by atoms with Crippen LogP contribution in [-0.4, -0.2) is 32.1 Å². The number of methoxy groups -OCH3 is 1. The molecule has 1 aromatic heterocycles. The number of hydrogen-bond donors (Lipinski definition) is 2. The van der Waals surface area contributed by atoms with Crippen molar-refractivity contribution >= 4 is 23.5 Å². The lowest BCUT2D eigenvalue weighted by molar-refractivity contribution is 0.0599. The van der Waals surface area contributed by atoms with E-state index in [1.54, 1.807) is 13.0 Å². The number of benzene rings is 1. The van der Waals surface area contributed by atoms with E-state index in [1.165, 1.54) is 7.11 Å². The summed E-state index contributed by atoms with van der Waals surface area (Å²) in [5.41, 5.74) is 1.51. The predicted octanol–water partition coefficient (Wildman–Crippen LogP) is 3.33. The van der Waals surface area contributed by atoms with Crippen LogP contribution in [0.25, 0.3) is 0 Å². The Morgan fingerprint density at radius 2 is 2.08 bits per heavy atom. The Hall–Kier alpha value is -2.47. The molecule has 0 saturated heterocycles. The number of carbonyl (C=O) groups is 1. The van der Waals surface area contributed by atoms with Crippen molar-refractivity contribution in [3.63, 3.8) is 0 Å². The molecule has 1 aromatic carbocycles. The van der Waals surface area contributed by atoms with Crippen LogP contribution in [0, 0.1) is 6.92 Å². The second-order valence-electron chi connectivity index (χ2n) is 5.64. The highest BCUT2D eigenvalue weighted by Crippen LogP contribution is 2.16. The van der Waals surface area contributed by atoms with E-state index in [4.69, 9.17) is 20.8 Å². The van der Waals surface area contributed by atoms with Crippen LogP contribution in [0.15, 0.2) is 39.7 Å². The van der Waals surface area contributed by atoms with Gasteiger partial charge < -0.3 is 19.8 Å². The van der Waals surface area contributed by atoms with Gasteiger partial charge in [0.05, 0.1) is 7.11 Å². The maximum Gasteiger partial charge on any atom is 0.341 e. The molecule has 7 heteroatoms. The van der Waals surface area contributed by atoms with Crippen molar-refractivity contribution in [3.05, 3.63) is 58.0 Å². The SMILES string of the molecule is CCNC(=NCc1cc(C(=O)OC)c(C)o1)NCCc1ccccc1Cl. The second kappa shape index (κ2) is 9.87. The van der Waals surface area contributed by atoms with Crippen LogP contribution >= 0.6 is 11.6 Å². The first-order valence-electron chi connectivity index (χ1n) is 8.48. The number of aryl methyl sites for hydroxylation is 1. The molecule has 1 heterocycles. The monoisotopic (exact) mass is 377 g/mol. The number of nitrogens with zero attached hydrogens (tertiary/aromatic N) is 1. The first kappa shape index (κ1) is 19.8. The summed E-state index contributed by atoms with van der Waals surface area (Å²) >= 11 is 6.17. The van der Waals surface area contributed by atoms with Crippen molar-refractivity contribution in [2.75, 3.05) is 20.2 Å². The molecule has 6 nitrogen and oxygen atoms in total. The van der Waals surface area contributed by atoms with Gasteiger partial charge in [-0.2, -0.15) is 0 Å². The summed E-state index contributed by atoms with van der Waals surface area (Å²) in [4.78, 5) is 16.1. The molecule has 0 bridgehead atoms. The van der Waals surface area contributed by atoms with Gasteiger partial charge in [0, 0.05) is 18.1 Å². The lowest BCUT2D eigenvalue weighted by Gasteiger charge is -2.11. The third-order valence-electron chi connectivity index (χ3n) is 3.76. The molecule has 0 radical (unpaired) electrons. The number of nitrogens with one attached hydrogen (secondary N) is 2. The van der Waals surface area contributed by atoms with Gasteiger partial charge in [-0.1, -0.05) is 29.8 Å². The normalized spacial score (nSPS) is 11.3. The Balaban J connectivity index is 1.96. The maximum absolute atomic E-state index is 11.6. The summed E-state index contributed by atoms with van der Waals surface area (Å²) in [6.07, 6.45) is 0.788. The number of carbonyl (C=O) groups excluding carboxylic acids is 1. The standard InChI is InChI=1S/C19H24ClN3O3/c1-4-21-19(22-10-9-14-7-5-6-8-17(14)20)23-12-15-11-16(13(2)26-15)18(24)25-3/h5-8,11H,4,9-10,12H2,1-3H3,(H2,21,22,23). The fourth-order valence-electron chi connectivity index (χ4n) is 2.45. The number of rotatable bonds is 7. The minimum atomic E-state index is -0.411. The minimum Gasteiger partial charge on any atom is -0.465 e. The Morgan fingerprint density at radius 3 is 2.77 bits per heavy atom. The van der Waals surface area contributed by atoms with Crippen LogP contribution in [0.1, 0.15) is 34.4 Å². The number of guanidine groups is 1. The van der Waals surface area contributed by atoms with Gasteiger partial charge in [-0.3, -0.25) is 0 Å². The highest BCUT2D eigenvalue weighted by Gasteiger charge is 2.15. The fourth-order valence-corrected chi connectivity index (χ4v) is 2.68. The van der Waals surface area contributed by atoms with Crippen LogP contribution in [-0.2, 0) is 17.7 Å². The van der Waals surface area contributed by atoms with Crippen LogP contribution in [0.5, 0.6) is 0 Å². The quantitative estimate of drug-likeness (QED) is 0.439. The van der Waals surface area contributed by atoms with Crippen LogP contribution in [0.4, 0.5) is 0 Å².